The largest absolute Gasteiger partial charge is 0.492 e. The van der Waals surface area contributed by atoms with E-state index in [9.17, 15) is 27.2 Å². The van der Waals surface area contributed by atoms with Gasteiger partial charge in [-0.1, -0.05) is 6.92 Å². The fraction of sp³-hybridized carbons (Fsp3) is 0.455. The van der Waals surface area contributed by atoms with Crippen LogP contribution in [-0.4, -0.2) is 58.6 Å². The summed E-state index contributed by atoms with van der Waals surface area (Å²) in [5.41, 5.74) is -0.992. The van der Waals surface area contributed by atoms with E-state index >= 15 is 0 Å². The van der Waals surface area contributed by atoms with Crippen molar-refractivity contribution >= 4 is 17.6 Å². The first-order valence-electron chi connectivity index (χ1n) is 10.5. The van der Waals surface area contributed by atoms with Gasteiger partial charge in [-0.15, -0.1) is 0 Å². The normalized spacial score (nSPS) is 17.4. The second-order valence-corrected chi connectivity index (χ2v) is 7.55. The fourth-order valence-corrected chi connectivity index (χ4v) is 3.60. The third-order valence-electron chi connectivity index (χ3n) is 5.23. The Balaban J connectivity index is 1.75. The van der Waals surface area contributed by atoms with E-state index in [4.69, 9.17) is 4.74 Å². The molecule has 0 aliphatic carbocycles. The molecule has 1 aliphatic rings. The molecule has 0 bridgehead atoms. The van der Waals surface area contributed by atoms with Gasteiger partial charge in [0.25, 0.3) is 0 Å². The standard InChI is InChI=1S/C22H24F4N4O3/c1-3-18(23)19-13-30(20-6-5-17(11-28-20)33-4-2)21(32)29(19)12-16(31)10-15-9-14(7-8-27-15)22(24,25)26/h5-9,11,18-19H,3-4,10,12-13H2,1-2H3/t18-,19+/m0/s1. The lowest BCUT2D eigenvalue weighted by atomic mass is 10.1. The summed E-state index contributed by atoms with van der Waals surface area (Å²) < 4.78 is 58.7. The van der Waals surface area contributed by atoms with Crippen molar-refractivity contribution in [3.63, 3.8) is 0 Å². The van der Waals surface area contributed by atoms with Crippen molar-refractivity contribution in [3.8, 4) is 5.75 Å². The maximum atomic E-state index is 14.7. The van der Waals surface area contributed by atoms with Crippen LogP contribution in [0.25, 0.3) is 0 Å². The van der Waals surface area contributed by atoms with Crippen LogP contribution in [0.3, 0.4) is 0 Å². The molecule has 1 aliphatic heterocycles. The molecule has 0 aromatic carbocycles. The number of carbonyl (C=O) groups is 2. The van der Waals surface area contributed by atoms with Gasteiger partial charge in [-0.2, -0.15) is 13.2 Å². The number of rotatable bonds is 9. The summed E-state index contributed by atoms with van der Waals surface area (Å²) in [6.07, 6.45) is -3.82. The number of amides is 2. The van der Waals surface area contributed by atoms with Crippen LogP contribution in [-0.2, 0) is 17.4 Å². The zero-order valence-corrected chi connectivity index (χ0v) is 18.2. The van der Waals surface area contributed by atoms with Crippen molar-refractivity contribution in [3.05, 3.63) is 47.9 Å². The number of nitrogens with zero attached hydrogens (tertiary/aromatic N) is 4. The van der Waals surface area contributed by atoms with Gasteiger partial charge >= 0.3 is 12.2 Å². The molecule has 178 valence electrons. The van der Waals surface area contributed by atoms with Gasteiger partial charge in [0.2, 0.25) is 0 Å². The molecular formula is C22H24F4N4O3. The van der Waals surface area contributed by atoms with Gasteiger partial charge in [-0.3, -0.25) is 14.7 Å². The van der Waals surface area contributed by atoms with Crippen molar-refractivity contribution in [1.82, 2.24) is 14.9 Å². The zero-order chi connectivity index (χ0) is 24.2. The van der Waals surface area contributed by atoms with E-state index in [1.807, 2.05) is 6.92 Å². The number of anilines is 1. The van der Waals surface area contributed by atoms with Gasteiger partial charge in [0.05, 0.1) is 43.9 Å². The first-order valence-corrected chi connectivity index (χ1v) is 10.5. The highest BCUT2D eigenvalue weighted by molar-refractivity contribution is 5.97. The molecule has 0 saturated carbocycles. The first kappa shape index (κ1) is 24.4. The van der Waals surface area contributed by atoms with Gasteiger partial charge in [0.1, 0.15) is 17.7 Å². The number of alkyl halides is 4. The van der Waals surface area contributed by atoms with Crippen LogP contribution in [0.2, 0.25) is 0 Å². The molecule has 0 spiro atoms. The predicted octanol–water partition coefficient (Wildman–Crippen LogP) is 4.06. The van der Waals surface area contributed by atoms with E-state index < -0.39 is 48.7 Å². The number of Topliss-reactive ketones (excluding diaryl/α,β-unsaturated/α-hetero) is 1. The van der Waals surface area contributed by atoms with Crippen LogP contribution in [0.5, 0.6) is 5.75 Å². The Labute approximate surface area is 188 Å². The summed E-state index contributed by atoms with van der Waals surface area (Å²) in [6.45, 7) is 3.43. The van der Waals surface area contributed by atoms with Gasteiger partial charge in [-0.05, 0) is 37.6 Å². The summed E-state index contributed by atoms with van der Waals surface area (Å²) in [4.78, 5) is 36.0. The number of ether oxygens (including phenoxy) is 1. The quantitative estimate of drug-likeness (QED) is 0.519. The van der Waals surface area contributed by atoms with Crippen molar-refractivity contribution in [2.24, 2.45) is 0 Å². The molecule has 0 unspecified atom stereocenters. The van der Waals surface area contributed by atoms with Gasteiger partial charge in [-0.25, -0.2) is 14.2 Å². The molecule has 11 heteroatoms. The molecule has 3 heterocycles. The summed E-state index contributed by atoms with van der Waals surface area (Å²) in [6, 6.07) is 3.31. The molecule has 0 radical (unpaired) electrons. The molecule has 2 aromatic rings. The van der Waals surface area contributed by atoms with E-state index in [0.717, 1.165) is 23.2 Å². The lowest BCUT2D eigenvalue weighted by Gasteiger charge is -2.24. The fourth-order valence-electron chi connectivity index (χ4n) is 3.60. The summed E-state index contributed by atoms with van der Waals surface area (Å²) >= 11 is 0. The first-order chi connectivity index (χ1) is 15.6. The monoisotopic (exact) mass is 468 g/mol. The van der Waals surface area contributed by atoms with Crippen LogP contribution in [0, 0.1) is 0 Å². The summed E-state index contributed by atoms with van der Waals surface area (Å²) in [7, 11) is 0. The molecule has 2 amide bonds. The number of hydrogen-bond donors (Lipinski definition) is 0. The van der Waals surface area contributed by atoms with Gasteiger partial charge < -0.3 is 9.64 Å². The van der Waals surface area contributed by atoms with Crippen LogP contribution in [0.4, 0.5) is 28.2 Å². The van der Waals surface area contributed by atoms with E-state index in [-0.39, 0.29) is 24.5 Å². The van der Waals surface area contributed by atoms with Crippen LogP contribution in [0.1, 0.15) is 31.5 Å². The summed E-state index contributed by atoms with van der Waals surface area (Å²) in [5, 5.41) is 0. The Morgan fingerprint density at radius 2 is 2.00 bits per heavy atom. The van der Waals surface area contributed by atoms with Crippen LogP contribution < -0.4 is 9.64 Å². The maximum absolute atomic E-state index is 14.7. The lowest BCUT2D eigenvalue weighted by molar-refractivity contribution is -0.137. The number of aromatic nitrogens is 2. The van der Waals surface area contributed by atoms with Crippen molar-refractivity contribution in [2.45, 2.75) is 45.1 Å². The number of urea groups is 1. The number of hydrogen-bond acceptors (Lipinski definition) is 5. The second kappa shape index (κ2) is 10.1. The van der Waals surface area contributed by atoms with E-state index in [1.165, 1.54) is 11.1 Å². The minimum Gasteiger partial charge on any atom is -0.492 e. The highest BCUT2D eigenvalue weighted by Crippen LogP contribution is 2.30. The van der Waals surface area contributed by atoms with E-state index in [2.05, 4.69) is 9.97 Å². The third-order valence-corrected chi connectivity index (χ3v) is 5.23. The lowest BCUT2D eigenvalue weighted by Crippen LogP contribution is -2.43. The van der Waals surface area contributed by atoms with E-state index in [0.29, 0.717) is 12.4 Å². The Kier molecular flexibility index (Phi) is 7.50. The number of carbonyl (C=O) groups excluding carboxylic acids is 2. The Morgan fingerprint density at radius 1 is 1.24 bits per heavy atom. The van der Waals surface area contributed by atoms with Crippen LogP contribution >= 0.6 is 0 Å². The molecule has 33 heavy (non-hydrogen) atoms. The Bertz CT molecular complexity index is 984. The molecule has 1 fully saturated rings. The minimum atomic E-state index is -4.56. The maximum Gasteiger partial charge on any atom is 0.416 e. The van der Waals surface area contributed by atoms with Crippen LogP contribution in [0.15, 0.2) is 36.7 Å². The summed E-state index contributed by atoms with van der Waals surface area (Å²) in [5.74, 6) is 0.248. The molecule has 0 N–H and O–H groups in total. The average Bonchev–Trinajstić information content (AvgIpc) is 3.09. The topological polar surface area (TPSA) is 75.6 Å². The van der Waals surface area contributed by atoms with Crippen molar-refractivity contribution < 1.29 is 31.9 Å². The molecule has 1 saturated heterocycles. The van der Waals surface area contributed by atoms with Crippen molar-refractivity contribution in [1.29, 1.82) is 0 Å². The average molecular weight is 468 g/mol. The zero-order valence-electron chi connectivity index (χ0n) is 18.2. The molecule has 2 atom stereocenters. The van der Waals surface area contributed by atoms with Gasteiger partial charge in [0.15, 0.2) is 5.78 Å². The molecule has 3 rings (SSSR count). The number of ketones is 1. The molecule has 2 aromatic heterocycles. The predicted molar refractivity (Wildman–Crippen MR) is 112 cm³/mol. The number of pyridine rings is 2. The Morgan fingerprint density at radius 3 is 2.61 bits per heavy atom. The highest BCUT2D eigenvalue weighted by atomic mass is 19.4. The molecular weight excluding hydrogens is 444 g/mol. The van der Waals surface area contributed by atoms with Gasteiger partial charge in [0, 0.05) is 11.9 Å². The second-order valence-electron chi connectivity index (χ2n) is 7.55. The van der Waals surface area contributed by atoms with Crippen molar-refractivity contribution in [2.75, 3.05) is 24.6 Å². The Hall–Kier alpha value is -3.24. The highest BCUT2D eigenvalue weighted by Gasteiger charge is 2.43. The third kappa shape index (κ3) is 5.77. The minimum absolute atomic E-state index is 0.0100. The smallest absolute Gasteiger partial charge is 0.416 e. The van der Waals surface area contributed by atoms with E-state index in [1.54, 1.807) is 19.1 Å². The molecule has 7 nitrogen and oxygen atoms in total. The SMILES string of the molecule is CCOc1ccc(N2C[C@H]([C@@H](F)CC)N(CC(=O)Cc3cc(C(F)(F)F)ccn3)C2=O)nc1. The number of halogens is 4.